The monoisotopic (exact) mass is 444 g/mol. The van der Waals surface area contributed by atoms with Crippen molar-refractivity contribution >= 4 is 11.9 Å². The lowest BCUT2D eigenvalue weighted by Gasteiger charge is -2.42. The Morgan fingerprint density at radius 2 is 1.62 bits per heavy atom. The summed E-state index contributed by atoms with van der Waals surface area (Å²) in [6.07, 6.45) is 0.594. The summed E-state index contributed by atoms with van der Waals surface area (Å²) in [5.74, 6) is -3.86. The Bertz CT molecular complexity index is 1120. The molecule has 0 saturated heterocycles. The van der Waals surface area contributed by atoms with E-state index in [1.54, 1.807) is 17.0 Å². The number of hydrogen-bond donors (Lipinski definition) is 0. The molecule has 0 fully saturated rings. The minimum atomic E-state index is -1.49. The highest BCUT2D eigenvalue weighted by atomic mass is 19.2. The SMILES string of the molecule is O=C1C2=C(CCN(Cc3cc(F)c(F)c(F)c3)C2)N2CCN=C2N1Cc1ccc(F)cc1. The highest BCUT2D eigenvalue weighted by Crippen LogP contribution is 2.32. The van der Waals surface area contributed by atoms with E-state index in [0.29, 0.717) is 49.7 Å². The van der Waals surface area contributed by atoms with Gasteiger partial charge in [-0.2, -0.15) is 0 Å². The van der Waals surface area contributed by atoms with E-state index in [2.05, 4.69) is 9.89 Å². The van der Waals surface area contributed by atoms with Gasteiger partial charge in [-0.05, 0) is 35.4 Å². The average Bonchev–Trinajstić information content (AvgIpc) is 3.26. The van der Waals surface area contributed by atoms with E-state index in [-0.39, 0.29) is 24.8 Å². The van der Waals surface area contributed by atoms with Crippen molar-refractivity contribution in [3.05, 3.63) is 82.1 Å². The summed E-state index contributed by atoms with van der Waals surface area (Å²) in [4.78, 5) is 23.5. The molecule has 0 unspecified atom stereocenters. The Labute approximate surface area is 182 Å². The summed E-state index contributed by atoms with van der Waals surface area (Å²) < 4.78 is 53.8. The lowest BCUT2D eigenvalue weighted by molar-refractivity contribution is -0.125. The molecule has 0 radical (unpaired) electrons. The molecule has 0 aromatic heterocycles. The van der Waals surface area contributed by atoms with Crippen molar-refractivity contribution < 1.29 is 22.4 Å². The van der Waals surface area contributed by atoms with Crippen LogP contribution in [-0.2, 0) is 17.9 Å². The molecule has 9 heteroatoms. The van der Waals surface area contributed by atoms with Crippen LogP contribution in [0.15, 0.2) is 52.7 Å². The molecule has 3 heterocycles. The van der Waals surface area contributed by atoms with Crippen molar-refractivity contribution in [3.8, 4) is 0 Å². The first-order chi connectivity index (χ1) is 15.4. The van der Waals surface area contributed by atoms with Gasteiger partial charge in [0, 0.05) is 38.3 Å². The number of benzene rings is 2. The summed E-state index contributed by atoms with van der Waals surface area (Å²) in [7, 11) is 0. The first-order valence-corrected chi connectivity index (χ1v) is 10.4. The molecule has 0 saturated carbocycles. The van der Waals surface area contributed by atoms with Gasteiger partial charge in [-0.15, -0.1) is 0 Å². The van der Waals surface area contributed by atoms with Crippen LogP contribution in [0, 0.1) is 23.3 Å². The van der Waals surface area contributed by atoms with Crippen molar-refractivity contribution in [2.75, 3.05) is 26.2 Å². The maximum Gasteiger partial charge on any atom is 0.259 e. The number of hydrogen-bond acceptors (Lipinski definition) is 4. The van der Waals surface area contributed by atoms with E-state index < -0.39 is 17.5 Å². The van der Waals surface area contributed by atoms with E-state index in [1.165, 1.54) is 12.1 Å². The summed E-state index contributed by atoms with van der Waals surface area (Å²) in [6.45, 7) is 2.61. The number of nitrogens with zero attached hydrogens (tertiary/aromatic N) is 4. The Kier molecular flexibility index (Phi) is 5.21. The first-order valence-electron chi connectivity index (χ1n) is 10.4. The minimum absolute atomic E-state index is 0.178. The third-order valence-corrected chi connectivity index (χ3v) is 5.99. The average molecular weight is 444 g/mol. The number of rotatable bonds is 4. The summed E-state index contributed by atoms with van der Waals surface area (Å²) in [5, 5.41) is 0. The summed E-state index contributed by atoms with van der Waals surface area (Å²) in [6, 6.07) is 7.94. The van der Waals surface area contributed by atoms with Crippen LogP contribution in [0.3, 0.4) is 0 Å². The molecule has 0 bridgehead atoms. The highest BCUT2D eigenvalue weighted by molar-refractivity contribution is 6.09. The van der Waals surface area contributed by atoms with Gasteiger partial charge < -0.3 is 4.90 Å². The maximum atomic E-state index is 13.6. The molecule has 32 heavy (non-hydrogen) atoms. The van der Waals surface area contributed by atoms with Crippen LogP contribution in [0.4, 0.5) is 17.6 Å². The van der Waals surface area contributed by atoms with Gasteiger partial charge in [0.15, 0.2) is 17.5 Å². The van der Waals surface area contributed by atoms with Crippen molar-refractivity contribution in [2.45, 2.75) is 19.5 Å². The topological polar surface area (TPSA) is 39.2 Å². The fourth-order valence-corrected chi connectivity index (χ4v) is 4.48. The Morgan fingerprint density at radius 1 is 0.906 bits per heavy atom. The number of halogens is 4. The molecule has 5 nitrogen and oxygen atoms in total. The number of carbonyl (C=O) groups excluding carboxylic acids is 1. The van der Waals surface area contributed by atoms with Gasteiger partial charge in [0.2, 0.25) is 5.96 Å². The lowest BCUT2D eigenvalue weighted by Crippen LogP contribution is -2.53. The lowest BCUT2D eigenvalue weighted by atomic mass is 10.00. The predicted molar refractivity (Wildman–Crippen MR) is 109 cm³/mol. The van der Waals surface area contributed by atoms with Gasteiger partial charge in [0.05, 0.1) is 18.7 Å². The quantitative estimate of drug-likeness (QED) is 0.536. The Balaban J connectivity index is 1.39. The van der Waals surface area contributed by atoms with Gasteiger partial charge in [-0.1, -0.05) is 12.1 Å². The van der Waals surface area contributed by atoms with Gasteiger partial charge >= 0.3 is 0 Å². The number of guanidine groups is 1. The van der Waals surface area contributed by atoms with Gasteiger partial charge in [0.25, 0.3) is 5.91 Å². The molecule has 166 valence electrons. The predicted octanol–water partition coefficient (Wildman–Crippen LogP) is 3.42. The number of amides is 1. The summed E-state index contributed by atoms with van der Waals surface area (Å²) >= 11 is 0. The van der Waals surface area contributed by atoms with Crippen molar-refractivity contribution in [1.29, 1.82) is 0 Å². The van der Waals surface area contributed by atoms with Gasteiger partial charge in [-0.25, -0.2) is 17.6 Å². The van der Waals surface area contributed by atoms with Crippen LogP contribution in [0.5, 0.6) is 0 Å². The van der Waals surface area contributed by atoms with E-state index in [9.17, 15) is 22.4 Å². The van der Waals surface area contributed by atoms with E-state index >= 15 is 0 Å². The molecule has 0 N–H and O–H groups in total. The second kappa shape index (κ2) is 8.05. The zero-order chi connectivity index (χ0) is 22.4. The van der Waals surface area contributed by atoms with Crippen LogP contribution in [-0.4, -0.2) is 52.7 Å². The van der Waals surface area contributed by atoms with Crippen LogP contribution in [0.25, 0.3) is 0 Å². The second-order valence-corrected chi connectivity index (χ2v) is 8.11. The molecule has 0 atom stereocenters. The first kappa shape index (κ1) is 20.7. The number of carbonyl (C=O) groups is 1. The van der Waals surface area contributed by atoms with Crippen LogP contribution < -0.4 is 0 Å². The fraction of sp³-hybridized carbons (Fsp3) is 0.304. The molecule has 3 aliphatic heterocycles. The molecule has 0 spiro atoms. The number of aliphatic imine (C=N–C) groups is 1. The van der Waals surface area contributed by atoms with Crippen molar-refractivity contribution in [3.63, 3.8) is 0 Å². The van der Waals surface area contributed by atoms with E-state index in [4.69, 9.17) is 0 Å². The molecular weight excluding hydrogens is 424 g/mol. The molecule has 2 aromatic carbocycles. The number of fused-ring (bicyclic) bond motifs is 2. The molecule has 5 rings (SSSR count). The maximum absolute atomic E-state index is 13.6. The smallest absolute Gasteiger partial charge is 0.259 e. The molecular formula is C23H20F4N4O. The second-order valence-electron chi connectivity index (χ2n) is 8.11. The third-order valence-electron chi connectivity index (χ3n) is 5.99. The van der Waals surface area contributed by atoms with Crippen molar-refractivity contribution in [2.24, 2.45) is 4.99 Å². The zero-order valence-corrected chi connectivity index (χ0v) is 17.1. The van der Waals surface area contributed by atoms with Crippen LogP contribution in [0.1, 0.15) is 17.5 Å². The molecule has 1 amide bonds. The van der Waals surface area contributed by atoms with E-state index in [1.807, 2.05) is 4.90 Å². The fourth-order valence-electron chi connectivity index (χ4n) is 4.48. The molecule has 3 aliphatic rings. The third kappa shape index (κ3) is 3.66. The van der Waals surface area contributed by atoms with E-state index in [0.717, 1.165) is 23.4 Å². The normalized spacial score (nSPS) is 18.8. The molecule has 2 aromatic rings. The largest absolute Gasteiger partial charge is 0.314 e. The van der Waals surface area contributed by atoms with Crippen molar-refractivity contribution in [1.82, 2.24) is 14.7 Å². The minimum Gasteiger partial charge on any atom is -0.314 e. The summed E-state index contributed by atoms with van der Waals surface area (Å²) in [5.41, 5.74) is 2.63. The van der Waals surface area contributed by atoms with Crippen LogP contribution in [0.2, 0.25) is 0 Å². The highest BCUT2D eigenvalue weighted by Gasteiger charge is 2.41. The molecule has 0 aliphatic carbocycles. The van der Waals surface area contributed by atoms with Gasteiger partial charge in [0.1, 0.15) is 5.82 Å². The van der Waals surface area contributed by atoms with Crippen LogP contribution >= 0.6 is 0 Å². The zero-order valence-electron chi connectivity index (χ0n) is 17.1. The standard InChI is InChI=1S/C23H20F4N4O/c24-16-3-1-14(2-4-16)12-31-22(32)17-13-29(7-5-20(17)30-8-6-28-23(30)31)11-15-9-18(25)21(27)19(26)10-15/h1-4,9-10H,5-8,11-13H2. The Morgan fingerprint density at radius 3 is 2.34 bits per heavy atom. The Hall–Kier alpha value is -3.20. The van der Waals surface area contributed by atoms with Gasteiger partial charge in [-0.3, -0.25) is 19.6 Å².